The van der Waals surface area contributed by atoms with Crippen LogP contribution in [0.1, 0.15) is 32.4 Å². The average Bonchev–Trinajstić information content (AvgIpc) is 3.03. The number of hydrogen-bond donors (Lipinski definition) is 1. The molecule has 0 unspecified atom stereocenters. The second kappa shape index (κ2) is 7.49. The molecule has 0 aliphatic rings. The van der Waals surface area contributed by atoms with Gasteiger partial charge >= 0.3 is 0 Å². The molecule has 1 amide bonds. The number of aryl methyl sites for hydroxylation is 1. The molecule has 0 saturated heterocycles. The third kappa shape index (κ3) is 3.91. The van der Waals surface area contributed by atoms with Crippen molar-refractivity contribution in [2.75, 3.05) is 5.75 Å². The Labute approximate surface area is 134 Å². The number of nitrogens with zero attached hydrogens (tertiary/aromatic N) is 3. The standard InChI is InChI=1S/C15H22N4O2S/c1-5-6-10(2)16-13(20)9-22-15-18-17-14(19(15)4)12-7-8-21-11(12)3/h7-8,10H,5-6,9H2,1-4H3,(H,16,20)/t10-/m1/s1. The van der Waals surface area contributed by atoms with Crippen LogP contribution in [0, 0.1) is 6.92 Å². The maximum Gasteiger partial charge on any atom is 0.230 e. The molecule has 0 fully saturated rings. The van der Waals surface area contributed by atoms with E-state index in [1.165, 1.54) is 11.8 Å². The number of carbonyl (C=O) groups excluding carboxylic acids is 1. The molecule has 2 heterocycles. The van der Waals surface area contributed by atoms with Crippen molar-refractivity contribution in [2.24, 2.45) is 7.05 Å². The molecule has 7 heteroatoms. The van der Waals surface area contributed by atoms with Gasteiger partial charge in [-0.3, -0.25) is 4.79 Å². The number of furan rings is 1. The zero-order valence-corrected chi connectivity index (χ0v) is 14.2. The van der Waals surface area contributed by atoms with E-state index in [2.05, 4.69) is 22.4 Å². The number of nitrogens with one attached hydrogen (secondary N) is 1. The normalized spacial score (nSPS) is 12.4. The molecule has 120 valence electrons. The summed E-state index contributed by atoms with van der Waals surface area (Å²) in [5.74, 6) is 1.91. The van der Waals surface area contributed by atoms with Gasteiger partial charge in [0.25, 0.3) is 0 Å². The van der Waals surface area contributed by atoms with Crippen LogP contribution >= 0.6 is 11.8 Å². The van der Waals surface area contributed by atoms with Crippen LogP contribution in [-0.2, 0) is 11.8 Å². The SMILES string of the molecule is CCC[C@@H](C)NC(=O)CSc1nnc(-c2ccoc2C)n1C. The van der Waals surface area contributed by atoms with Crippen molar-refractivity contribution in [3.8, 4) is 11.4 Å². The van der Waals surface area contributed by atoms with Gasteiger partial charge in [0.2, 0.25) is 5.91 Å². The molecule has 0 bridgehead atoms. The first-order chi connectivity index (χ1) is 10.5. The summed E-state index contributed by atoms with van der Waals surface area (Å²) in [7, 11) is 1.89. The number of hydrogen-bond acceptors (Lipinski definition) is 5. The first-order valence-corrected chi connectivity index (χ1v) is 8.37. The second-order valence-electron chi connectivity index (χ2n) is 5.30. The zero-order valence-electron chi connectivity index (χ0n) is 13.4. The van der Waals surface area contributed by atoms with E-state index in [4.69, 9.17) is 4.42 Å². The maximum atomic E-state index is 11.9. The lowest BCUT2D eigenvalue weighted by molar-refractivity contribution is -0.119. The fourth-order valence-electron chi connectivity index (χ4n) is 2.24. The van der Waals surface area contributed by atoms with Gasteiger partial charge in [-0.15, -0.1) is 10.2 Å². The fourth-order valence-corrected chi connectivity index (χ4v) is 2.97. The minimum atomic E-state index is 0.0231. The molecule has 22 heavy (non-hydrogen) atoms. The summed E-state index contributed by atoms with van der Waals surface area (Å²) in [6.07, 6.45) is 3.68. The number of amides is 1. The topological polar surface area (TPSA) is 73.0 Å². The maximum absolute atomic E-state index is 11.9. The van der Waals surface area contributed by atoms with Gasteiger partial charge in [-0.1, -0.05) is 25.1 Å². The number of aromatic nitrogens is 3. The highest BCUT2D eigenvalue weighted by Gasteiger charge is 2.16. The molecule has 2 aromatic heterocycles. The fraction of sp³-hybridized carbons (Fsp3) is 0.533. The molecule has 1 atom stereocenters. The molecule has 6 nitrogen and oxygen atoms in total. The number of thioether (sulfide) groups is 1. The van der Waals surface area contributed by atoms with E-state index in [0.717, 1.165) is 30.0 Å². The van der Waals surface area contributed by atoms with Crippen molar-refractivity contribution in [3.05, 3.63) is 18.1 Å². The van der Waals surface area contributed by atoms with Crippen molar-refractivity contribution >= 4 is 17.7 Å². The summed E-state index contributed by atoms with van der Waals surface area (Å²) in [5, 5.41) is 12.0. The highest BCUT2D eigenvalue weighted by molar-refractivity contribution is 7.99. The Morgan fingerprint density at radius 1 is 1.50 bits per heavy atom. The average molecular weight is 322 g/mol. The summed E-state index contributed by atoms with van der Waals surface area (Å²) in [5.41, 5.74) is 0.919. The quantitative estimate of drug-likeness (QED) is 0.794. The highest BCUT2D eigenvalue weighted by atomic mass is 32.2. The highest BCUT2D eigenvalue weighted by Crippen LogP contribution is 2.25. The predicted molar refractivity (Wildman–Crippen MR) is 86.7 cm³/mol. The third-order valence-electron chi connectivity index (χ3n) is 3.40. The summed E-state index contributed by atoms with van der Waals surface area (Å²) in [6.45, 7) is 6.02. The summed E-state index contributed by atoms with van der Waals surface area (Å²) in [4.78, 5) is 11.9. The van der Waals surface area contributed by atoms with Gasteiger partial charge in [0.15, 0.2) is 11.0 Å². The van der Waals surface area contributed by atoms with Gasteiger partial charge < -0.3 is 14.3 Å². The van der Waals surface area contributed by atoms with Crippen molar-refractivity contribution < 1.29 is 9.21 Å². The van der Waals surface area contributed by atoms with Gasteiger partial charge in [0.05, 0.1) is 17.6 Å². The largest absolute Gasteiger partial charge is 0.469 e. The van der Waals surface area contributed by atoms with E-state index in [0.29, 0.717) is 10.9 Å². The van der Waals surface area contributed by atoms with E-state index in [9.17, 15) is 4.79 Å². The molecular weight excluding hydrogens is 300 g/mol. The van der Waals surface area contributed by atoms with Crippen molar-refractivity contribution in [2.45, 2.75) is 44.8 Å². The number of carbonyl (C=O) groups is 1. The molecule has 0 saturated carbocycles. The van der Waals surface area contributed by atoms with E-state index >= 15 is 0 Å². The molecular formula is C15H22N4O2S. The predicted octanol–water partition coefficient (Wildman–Crippen LogP) is 2.78. The lowest BCUT2D eigenvalue weighted by Crippen LogP contribution is -2.33. The minimum absolute atomic E-state index is 0.0231. The molecule has 0 aliphatic carbocycles. The van der Waals surface area contributed by atoms with Crippen LogP contribution < -0.4 is 5.32 Å². The van der Waals surface area contributed by atoms with Gasteiger partial charge in [0.1, 0.15) is 5.76 Å². The smallest absolute Gasteiger partial charge is 0.230 e. The molecule has 2 rings (SSSR count). The summed E-state index contributed by atoms with van der Waals surface area (Å²) < 4.78 is 7.18. The van der Waals surface area contributed by atoms with Gasteiger partial charge in [-0.25, -0.2) is 0 Å². The summed E-state index contributed by atoms with van der Waals surface area (Å²) in [6, 6.07) is 2.08. The monoisotopic (exact) mass is 322 g/mol. The van der Waals surface area contributed by atoms with Crippen LogP contribution in [0.2, 0.25) is 0 Å². The first kappa shape index (κ1) is 16.6. The molecule has 0 aromatic carbocycles. The van der Waals surface area contributed by atoms with E-state index in [1.54, 1.807) is 6.26 Å². The molecule has 2 aromatic rings. The Morgan fingerprint density at radius 3 is 2.91 bits per heavy atom. The first-order valence-electron chi connectivity index (χ1n) is 7.39. The summed E-state index contributed by atoms with van der Waals surface area (Å²) >= 11 is 1.39. The van der Waals surface area contributed by atoms with Crippen LogP contribution in [0.15, 0.2) is 21.9 Å². The second-order valence-corrected chi connectivity index (χ2v) is 6.24. The lowest BCUT2D eigenvalue weighted by Gasteiger charge is -2.12. The van der Waals surface area contributed by atoms with E-state index in [-0.39, 0.29) is 11.9 Å². The molecule has 0 spiro atoms. The van der Waals surface area contributed by atoms with Gasteiger partial charge in [-0.2, -0.15) is 0 Å². The lowest BCUT2D eigenvalue weighted by atomic mass is 10.2. The number of rotatable bonds is 7. The van der Waals surface area contributed by atoms with Crippen LogP contribution in [-0.4, -0.2) is 32.5 Å². The van der Waals surface area contributed by atoms with Gasteiger partial charge in [0, 0.05) is 13.1 Å². The van der Waals surface area contributed by atoms with Crippen LogP contribution in [0.25, 0.3) is 11.4 Å². The van der Waals surface area contributed by atoms with E-state index < -0.39 is 0 Å². The minimum Gasteiger partial charge on any atom is -0.469 e. The molecule has 1 N–H and O–H groups in total. The Hall–Kier alpha value is -1.76. The molecule has 0 aliphatic heterocycles. The Balaban J connectivity index is 1.96. The van der Waals surface area contributed by atoms with Crippen molar-refractivity contribution in [1.29, 1.82) is 0 Å². The Kier molecular flexibility index (Phi) is 5.65. The van der Waals surface area contributed by atoms with Crippen LogP contribution in [0.5, 0.6) is 0 Å². The molecule has 0 radical (unpaired) electrons. The van der Waals surface area contributed by atoms with Crippen molar-refractivity contribution in [3.63, 3.8) is 0 Å². The van der Waals surface area contributed by atoms with Crippen LogP contribution in [0.3, 0.4) is 0 Å². The zero-order chi connectivity index (χ0) is 16.1. The van der Waals surface area contributed by atoms with Gasteiger partial charge in [-0.05, 0) is 26.3 Å². The van der Waals surface area contributed by atoms with Crippen molar-refractivity contribution in [1.82, 2.24) is 20.1 Å². The van der Waals surface area contributed by atoms with Crippen LogP contribution in [0.4, 0.5) is 0 Å². The van der Waals surface area contributed by atoms with E-state index in [1.807, 2.05) is 31.5 Å². The Bertz CT molecular complexity index is 635. The Morgan fingerprint density at radius 2 is 2.27 bits per heavy atom. The third-order valence-corrected chi connectivity index (χ3v) is 4.42.